The zero-order chi connectivity index (χ0) is 22.5. The van der Waals surface area contributed by atoms with Gasteiger partial charge >= 0.3 is 0 Å². The molecule has 0 aliphatic rings. The first kappa shape index (κ1) is 23.1. The lowest BCUT2D eigenvalue weighted by Crippen LogP contribution is -2.18. The molecule has 0 saturated carbocycles. The smallest absolute Gasteiger partial charge is 0.117 e. The van der Waals surface area contributed by atoms with E-state index in [-0.39, 0.29) is 0 Å². The minimum atomic E-state index is 0.497. The van der Waals surface area contributed by atoms with Gasteiger partial charge in [0, 0.05) is 22.2 Å². The average molecular weight is 506 g/mol. The van der Waals surface area contributed by atoms with E-state index in [0.29, 0.717) is 33.2 Å². The van der Waals surface area contributed by atoms with Crippen molar-refractivity contribution >= 4 is 46.4 Å². The van der Waals surface area contributed by atoms with Crippen LogP contribution in [0.4, 0.5) is 0 Å². The zero-order valence-corrected chi connectivity index (χ0v) is 20.1. The fourth-order valence-electron chi connectivity index (χ4n) is 3.35. The molecule has 0 saturated heterocycles. The number of hydrogen-bond donors (Lipinski definition) is 1. The molecule has 0 amide bonds. The number of rotatable bonds is 8. The topological polar surface area (TPSA) is 42.7 Å². The Kier molecular flexibility index (Phi) is 7.71. The van der Waals surface area contributed by atoms with Gasteiger partial charge in [-0.25, -0.2) is 0 Å². The lowest BCUT2D eigenvalue weighted by atomic mass is 10.1. The lowest BCUT2D eigenvalue weighted by Gasteiger charge is -2.06. The second-order valence-corrected chi connectivity index (χ2v) is 8.96. The van der Waals surface area contributed by atoms with Gasteiger partial charge in [0.15, 0.2) is 0 Å². The van der Waals surface area contributed by atoms with Gasteiger partial charge in [-0.1, -0.05) is 88.9 Å². The van der Waals surface area contributed by atoms with Crippen molar-refractivity contribution < 1.29 is 0 Å². The molecule has 0 radical (unpaired) electrons. The number of nitrogens with zero attached hydrogens (tertiary/aromatic N) is 3. The minimum Gasteiger partial charge on any atom is -0.311 e. The number of hydrogen-bond acceptors (Lipinski definition) is 3. The fourth-order valence-corrected chi connectivity index (χ4v) is 4.17. The highest BCUT2D eigenvalue weighted by Crippen LogP contribution is 2.24. The van der Waals surface area contributed by atoms with Gasteiger partial charge in [0.05, 0.1) is 16.6 Å². The van der Waals surface area contributed by atoms with Crippen LogP contribution in [0.25, 0.3) is 11.3 Å². The van der Waals surface area contributed by atoms with Crippen LogP contribution in [0, 0.1) is 0 Å². The first-order valence-electron chi connectivity index (χ1n) is 10.1. The maximum absolute atomic E-state index is 6.28. The molecule has 0 spiro atoms. The fraction of sp³-hybridized carbons (Fsp3) is 0.167. The molecule has 0 atom stereocenters. The second-order valence-electron chi connectivity index (χ2n) is 7.30. The summed E-state index contributed by atoms with van der Waals surface area (Å²) >= 11 is 24.4. The molecule has 0 aliphatic heterocycles. The van der Waals surface area contributed by atoms with Crippen LogP contribution >= 0.6 is 46.4 Å². The van der Waals surface area contributed by atoms with Gasteiger partial charge in [-0.2, -0.15) is 15.0 Å². The van der Waals surface area contributed by atoms with Crippen LogP contribution in [-0.2, 0) is 19.5 Å². The minimum absolute atomic E-state index is 0.497. The predicted molar refractivity (Wildman–Crippen MR) is 133 cm³/mol. The summed E-state index contributed by atoms with van der Waals surface area (Å²) in [6, 6.07) is 21.1. The van der Waals surface area contributed by atoms with E-state index in [2.05, 4.69) is 5.32 Å². The van der Waals surface area contributed by atoms with E-state index in [9.17, 15) is 0 Å². The van der Waals surface area contributed by atoms with Crippen LogP contribution in [0.15, 0.2) is 66.7 Å². The molecule has 164 valence electrons. The SMILES string of the molecule is Clc1ccc(CCNCc2nn(Cc3ccc(Cl)c(Cl)c3)nc2-c2ccccc2)c(Cl)c1. The van der Waals surface area contributed by atoms with Gasteiger partial charge in [0.1, 0.15) is 11.4 Å². The Bertz CT molecular complexity index is 1210. The van der Waals surface area contributed by atoms with Gasteiger partial charge < -0.3 is 5.32 Å². The summed E-state index contributed by atoms with van der Waals surface area (Å²) in [6.07, 6.45) is 0.786. The quantitative estimate of drug-likeness (QED) is 0.264. The van der Waals surface area contributed by atoms with E-state index in [1.165, 1.54) is 0 Å². The van der Waals surface area contributed by atoms with Crippen molar-refractivity contribution in [3.05, 3.63) is 104 Å². The van der Waals surface area contributed by atoms with Crippen molar-refractivity contribution in [2.75, 3.05) is 6.54 Å². The molecule has 1 heterocycles. The van der Waals surface area contributed by atoms with E-state index in [0.717, 1.165) is 41.0 Å². The summed E-state index contributed by atoms with van der Waals surface area (Å²) in [4.78, 5) is 1.69. The molecule has 3 aromatic carbocycles. The summed E-state index contributed by atoms with van der Waals surface area (Å²) < 4.78 is 0. The van der Waals surface area contributed by atoms with Crippen molar-refractivity contribution in [1.82, 2.24) is 20.3 Å². The van der Waals surface area contributed by atoms with E-state index in [1.54, 1.807) is 16.9 Å². The molecule has 32 heavy (non-hydrogen) atoms. The van der Waals surface area contributed by atoms with E-state index in [1.807, 2.05) is 54.6 Å². The molecular formula is C24H20Cl4N4. The first-order valence-corrected chi connectivity index (χ1v) is 11.6. The normalized spacial score (nSPS) is 11.1. The number of nitrogens with one attached hydrogen (secondary N) is 1. The molecular weight excluding hydrogens is 486 g/mol. The molecule has 0 fully saturated rings. The summed E-state index contributed by atoms with van der Waals surface area (Å²) in [5.74, 6) is 0. The van der Waals surface area contributed by atoms with Crippen molar-refractivity contribution in [2.45, 2.75) is 19.5 Å². The standard InChI is InChI=1S/C24H20Cl4N4/c25-19-8-7-17(21(27)13-19)10-11-29-14-23-24(18-4-2-1-3-5-18)31-32(30-23)15-16-6-9-20(26)22(28)12-16/h1-9,12-13,29H,10-11,14-15H2. The third-order valence-corrected chi connectivity index (χ3v) is 6.28. The zero-order valence-electron chi connectivity index (χ0n) is 17.0. The van der Waals surface area contributed by atoms with Crippen molar-refractivity contribution in [3.63, 3.8) is 0 Å². The Labute approximate surface area is 207 Å². The van der Waals surface area contributed by atoms with Gasteiger partial charge in [-0.05, 0) is 48.4 Å². The average Bonchev–Trinajstić information content (AvgIpc) is 3.18. The van der Waals surface area contributed by atoms with Crippen LogP contribution in [0.5, 0.6) is 0 Å². The third kappa shape index (κ3) is 5.83. The Morgan fingerprint density at radius 2 is 1.59 bits per heavy atom. The summed E-state index contributed by atoms with van der Waals surface area (Å²) in [7, 11) is 0. The van der Waals surface area contributed by atoms with E-state index < -0.39 is 0 Å². The third-order valence-electron chi connectivity index (χ3n) is 4.96. The van der Waals surface area contributed by atoms with E-state index in [4.69, 9.17) is 56.6 Å². The highest BCUT2D eigenvalue weighted by Gasteiger charge is 2.14. The van der Waals surface area contributed by atoms with Gasteiger partial charge in [-0.15, -0.1) is 0 Å². The number of halogens is 4. The first-order chi connectivity index (χ1) is 15.5. The highest BCUT2D eigenvalue weighted by atomic mass is 35.5. The van der Waals surface area contributed by atoms with Crippen molar-refractivity contribution in [1.29, 1.82) is 0 Å². The van der Waals surface area contributed by atoms with Crippen LogP contribution in [0.3, 0.4) is 0 Å². The van der Waals surface area contributed by atoms with Crippen molar-refractivity contribution in [2.24, 2.45) is 0 Å². The van der Waals surface area contributed by atoms with E-state index >= 15 is 0 Å². The van der Waals surface area contributed by atoms with Gasteiger partial charge in [0.25, 0.3) is 0 Å². The summed E-state index contributed by atoms with van der Waals surface area (Å²) in [5, 5.41) is 15.3. The molecule has 0 aliphatic carbocycles. The molecule has 8 heteroatoms. The van der Waals surface area contributed by atoms with Gasteiger partial charge in [0.2, 0.25) is 0 Å². The molecule has 0 bridgehead atoms. The maximum Gasteiger partial charge on any atom is 0.117 e. The number of aromatic nitrogens is 3. The Balaban J connectivity index is 1.48. The monoisotopic (exact) mass is 504 g/mol. The Morgan fingerprint density at radius 1 is 0.781 bits per heavy atom. The molecule has 1 aromatic heterocycles. The predicted octanol–water partition coefficient (Wildman–Crippen LogP) is 6.94. The highest BCUT2D eigenvalue weighted by molar-refractivity contribution is 6.42. The molecule has 4 aromatic rings. The summed E-state index contributed by atoms with van der Waals surface area (Å²) in [5.41, 5.74) is 4.77. The maximum atomic E-state index is 6.28. The summed E-state index contributed by atoms with van der Waals surface area (Å²) in [6.45, 7) is 1.82. The second kappa shape index (κ2) is 10.7. The molecule has 4 nitrogen and oxygen atoms in total. The van der Waals surface area contributed by atoms with Crippen LogP contribution in [0.1, 0.15) is 16.8 Å². The largest absolute Gasteiger partial charge is 0.311 e. The Morgan fingerprint density at radius 3 is 2.34 bits per heavy atom. The Hall–Kier alpha value is -2.08. The molecule has 0 unspecified atom stereocenters. The van der Waals surface area contributed by atoms with Crippen LogP contribution in [0.2, 0.25) is 20.1 Å². The van der Waals surface area contributed by atoms with Crippen molar-refractivity contribution in [3.8, 4) is 11.3 Å². The lowest BCUT2D eigenvalue weighted by molar-refractivity contribution is 0.577. The molecule has 4 rings (SSSR count). The van der Waals surface area contributed by atoms with Crippen LogP contribution in [-0.4, -0.2) is 21.5 Å². The number of benzene rings is 3. The molecule has 1 N–H and O–H groups in total. The van der Waals surface area contributed by atoms with Gasteiger partial charge in [-0.3, -0.25) is 0 Å². The van der Waals surface area contributed by atoms with Crippen LogP contribution < -0.4 is 5.32 Å².